The number of hydrogen-bond donors (Lipinski definition) is 0. The molecule has 3 atom stereocenters. The van der Waals surface area contributed by atoms with Crippen LogP contribution in [0.4, 0.5) is 0 Å². The van der Waals surface area contributed by atoms with Gasteiger partial charge in [0.15, 0.2) is 0 Å². The summed E-state index contributed by atoms with van der Waals surface area (Å²) in [7, 11) is -0.740. The summed E-state index contributed by atoms with van der Waals surface area (Å²) >= 11 is 0. The third-order valence-electron chi connectivity index (χ3n) is 7.26. The van der Waals surface area contributed by atoms with Crippen LogP contribution in [-0.2, 0) is 18.1 Å². The van der Waals surface area contributed by atoms with E-state index in [4.69, 9.17) is 13.3 Å². The van der Waals surface area contributed by atoms with Crippen molar-refractivity contribution in [2.24, 2.45) is 0 Å². The van der Waals surface area contributed by atoms with Crippen LogP contribution in [0.5, 0.6) is 0 Å². The van der Waals surface area contributed by atoms with Gasteiger partial charge in [-0.25, -0.2) is 0 Å². The molecule has 0 aliphatic heterocycles. The van der Waals surface area contributed by atoms with Gasteiger partial charge in [0.05, 0.1) is 0 Å². The molecule has 0 N–H and O–H groups in total. The van der Waals surface area contributed by atoms with Crippen LogP contribution in [0.25, 0.3) is 0 Å². The molecule has 27 heavy (non-hydrogen) atoms. The number of carbonyl (C=O) groups is 1. The summed E-state index contributed by atoms with van der Waals surface area (Å²) in [5.74, 6) is -0.0690. The summed E-state index contributed by atoms with van der Waals surface area (Å²) in [6, 6.07) is 0. The molecule has 1 rings (SSSR count). The Bertz CT molecular complexity index is 439. The molecule has 0 aromatic carbocycles. The lowest BCUT2D eigenvalue weighted by atomic mass is 10.0. The Morgan fingerprint density at radius 3 is 1.89 bits per heavy atom. The summed E-state index contributed by atoms with van der Waals surface area (Å²) in [6.45, 7) is 13.2. The van der Waals surface area contributed by atoms with E-state index in [1.165, 1.54) is 32.1 Å². The third kappa shape index (κ3) is 5.06. The minimum atomic E-state index is -2.31. The molecule has 159 valence electrons. The van der Waals surface area contributed by atoms with Gasteiger partial charge in [0.1, 0.15) is 5.04 Å². The maximum atomic E-state index is 13.6. The monoisotopic (exact) mass is 415 g/mol. The standard InChI is InChI=1S/C21H43O4Si2/c1-9-17(4)27(18(5)10-2,19-15-13-12-14-16-19)25-20(22)21(6,11-3)26(23-7)24-8/h17-19H,9-16H2,1-8H3. The average Bonchev–Trinajstić information content (AvgIpc) is 2.71. The first-order valence-corrected chi connectivity index (χ1v) is 14.4. The number of hydrogen-bond acceptors (Lipinski definition) is 4. The second-order valence-electron chi connectivity index (χ2n) is 8.58. The largest absolute Gasteiger partial charge is 0.518 e. The van der Waals surface area contributed by atoms with Crippen molar-refractivity contribution in [2.75, 3.05) is 14.2 Å². The maximum Gasteiger partial charge on any atom is 0.402 e. The van der Waals surface area contributed by atoms with Crippen molar-refractivity contribution >= 4 is 23.6 Å². The second-order valence-corrected chi connectivity index (χ2v) is 15.8. The van der Waals surface area contributed by atoms with Crippen LogP contribution in [0.15, 0.2) is 0 Å². The van der Waals surface area contributed by atoms with E-state index >= 15 is 0 Å². The smallest absolute Gasteiger partial charge is 0.402 e. The van der Waals surface area contributed by atoms with E-state index in [1.54, 1.807) is 14.2 Å². The summed E-state index contributed by atoms with van der Waals surface area (Å²) in [5, 5.41) is -0.679. The Morgan fingerprint density at radius 2 is 1.52 bits per heavy atom. The zero-order valence-corrected chi connectivity index (χ0v) is 21.0. The minimum Gasteiger partial charge on any atom is -0.518 e. The molecule has 0 amide bonds. The lowest BCUT2D eigenvalue weighted by Crippen LogP contribution is -2.55. The average molecular weight is 416 g/mol. The molecule has 3 unspecified atom stereocenters. The van der Waals surface area contributed by atoms with Crippen LogP contribution in [-0.4, -0.2) is 37.8 Å². The summed E-state index contributed by atoms with van der Waals surface area (Å²) in [5.41, 5.74) is 1.53. The Balaban J connectivity index is 3.34. The van der Waals surface area contributed by atoms with Gasteiger partial charge in [-0.1, -0.05) is 66.7 Å². The highest BCUT2D eigenvalue weighted by Crippen LogP contribution is 2.53. The van der Waals surface area contributed by atoms with Gasteiger partial charge in [-0.3, -0.25) is 4.79 Å². The number of rotatable bonds is 11. The van der Waals surface area contributed by atoms with Crippen molar-refractivity contribution in [3.05, 3.63) is 0 Å². The van der Waals surface area contributed by atoms with Crippen LogP contribution in [0.3, 0.4) is 0 Å². The maximum absolute atomic E-state index is 13.6. The lowest BCUT2D eigenvalue weighted by molar-refractivity contribution is -0.140. The Morgan fingerprint density at radius 1 is 1.04 bits per heavy atom. The molecule has 1 radical (unpaired) electrons. The fourth-order valence-corrected chi connectivity index (χ4v) is 12.9. The van der Waals surface area contributed by atoms with E-state index in [0.717, 1.165) is 12.8 Å². The Kier molecular flexibility index (Phi) is 10.2. The highest BCUT2D eigenvalue weighted by atomic mass is 28.4. The fraction of sp³-hybridized carbons (Fsp3) is 0.952. The predicted octanol–water partition coefficient (Wildman–Crippen LogP) is 6.36. The lowest BCUT2D eigenvalue weighted by Gasteiger charge is -2.48. The molecular formula is C21H43O4Si2. The van der Waals surface area contributed by atoms with Gasteiger partial charge in [0, 0.05) is 14.2 Å². The molecule has 1 aliphatic carbocycles. The van der Waals surface area contributed by atoms with Gasteiger partial charge in [-0.2, -0.15) is 0 Å². The number of carbonyl (C=O) groups excluding carboxylic acids is 1. The highest BCUT2D eigenvalue weighted by molar-refractivity contribution is 6.79. The van der Waals surface area contributed by atoms with Crippen LogP contribution in [0, 0.1) is 0 Å². The van der Waals surface area contributed by atoms with E-state index in [0.29, 0.717) is 23.0 Å². The van der Waals surface area contributed by atoms with Crippen LogP contribution in [0.2, 0.25) is 21.7 Å². The predicted molar refractivity (Wildman–Crippen MR) is 117 cm³/mol. The second kappa shape index (κ2) is 11.1. The molecule has 0 bridgehead atoms. The van der Waals surface area contributed by atoms with Crippen molar-refractivity contribution in [2.45, 2.75) is 115 Å². The topological polar surface area (TPSA) is 44.8 Å². The first kappa shape index (κ1) is 24.9. The first-order chi connectivity index (χ1) is 12.8. The quantitative estimate of drug-likeness (QED) is 0.368. The van der Waals surface area contributed by atoms with Crippen molar-refractivity contribution in [1.29, 1.82) is 0 Å². The third-order valence-corrected chi connectivity index (χ3v) is 15.7. The Labute approximate surface area is 170 Å². The molecule has 0 saturated heterocycles. The van der Waals surface area contributed by atoms with Gasteiger partial charge in [0.25, 0.3) is 14.3 Å². The van der Waals surface area contributed by atoms with Gasteiger partial charge in [-0.15, -0.1) is 0 Å². The first-order valence-electron chi connectivity index (χ1n) is 11.0. The summed E-state index contributed by atoms with van der Waals surface area (Å²) in [4.78, 5) is 13.6. The van der Waals surface area contributed by atoms with Crippen molar-refractivity contribution in [3.8, 4) is 0 Å². The zero-order chi connectivity index (χ0) is 20.7. The molecule has 4 nitrogen and oxygen atoms in total. The minimum absolute atomic E-state index is 0.0690. The van der Waals surface area contributed by atoms with Crippen molar-refractivity contribution in [3.63, 3.8) is 0 Å². The highest BCUT2D eigenvalue weighted by Gasteiger charge is 2.57. The summed E-state index contributed by atoms with van der Waals surface area (Å²) < 4.78 is 18.0. The molecule has 0 aromatic rings. The Hall–Kier alpha value is -0.176. The molecule has 6 heteroatoms. The molecule has 0 aromatic heterocycles. The van der Waals surface area contributed by atoms with E-state index in [2.05, 4.69) is 27.7 Å². The molecule has 1 fully saturated rings. The van der Waals surface area contributed by atoms with Gasteiger partial charge in [0.2, 0.25) is 0 Å². The van der Waals surface area contributed by atoms with E-state index in [1.807, 2.05) is 13.8 Å². The molecular weight excluding hydrogens is 372 g/mol. The van der Waals surface area contributed by atoms with Gasteiger partial charge in [-0.05, 0) is 42.8 Å². The SMILES string of the molecule is CCC(C)[Si](OC(=O)C(C)(CC)[Si](OC)OC)(C(C)CC)C1CCCCC1. The van der Waals surface area contributed by atoms with Crippen LogP contribution < -0.4 is 0 Å². The molecule has 1 aliphatic rings. The van der Waals surface area contributed by atoms with Crippen LogP contribution >= 0.6 is 0 Å². The van der Waals surface area contributed by atoms with E-state index < -0.39 is 22.6 Å². The molecule has 0 spiro atoms. The van der Waals surface area contributed by atoms with Gasteiger partial charge >= 0.3 is 9.28 Å². The molecule has 0 heterocycles. The van der Waals surface area contributed by atoms with E-state index in [9.17, 15) is 4.79 Å². The van der Waals surface area contributed by atoms with Crippen molar-refractivity contribution < 1.29 is 18.1 Å². The van der Waals surface area contributed by atoms with E-state index in [-0.39, 0.29) is 5.97 Å². The van der Waals surface area contributed by atoms with Gasteiger partial charge < -0.3 is 13.3 Å². The van der Waals surface area contributed by atoms with Crippen molar-refractivity contribution in [1.82, 2.24) is 0 Å². The van der Waals surface area contributed by atoms with Crippen LogP contribution in [0.1, 0.15) is 92.9 Å². The zero-order valence-electron chi connectivity index (χ0n) is 19.0. The fourth-order valence-electron chi connectivity index (χ4n) is 4.95. The molecule has 1 saturated carbocycles. The summed E-state index contributed by atoms with van der Waals surface area (Å²) in [6.07, 6.45) is 9.17. The normalized spacial score (nSPS) is 22.7.